The molecule has 0 atom stereocenters. The fourth-order valence-corrected chi connectivity index (χ4v) is 1.49. The second kappa shape index (κ2) is 6.61. The van der Waals surface area contributed by atoms with Crippen LogP contribution in [0.15, 0.2) is 18.2 Å². The summed E-state index contributed by atoms with van der Waals surface area (Å²) in [5, 5.41) is 12.5. The predicted molar refractivity (Wildman–Crippen MR) is 72.2 cm³/mol. The monoisotopic (exact) mass is 253 g/mol. The van der Waals surface area contributed by atoms with Crippen LogP contribution in [-0.4, -0.2) is 31.0 Å². The fourth-order valence-electron chi connectivity index (χ4n) is 1.49. The van der Waals surface area contributed by atoms with E-state index in [-0.39, 0.29) is 12.1 Å². The Labute approximate surface area is 109 Å². The average molecular weight is 253 g/mol. The Kier molecular flexibility index (Phi) is 5.44. The molecule has 1 rings (SSSR count). The quantitative estimate of drug-likeness (QED) is 0.780. The van der Waals surface area contributed by atoms with Gasteiger partial charge in [0.1, 0.15) is 0 Å². The van der Waals surface area contributed by atoms with Gasteiger partial charge in [-0.3, -0.25) is 0 Å². The second-order valence-electron chi connectivity index (χ2n) is 4.81. The van der Waals surface area contributed by atoms with E-state index in [1.54, 1.807) is 7.11 Å². The van der Waals surface area contributed by atoms with Crippen LogP contribution in [-0.2, 0) is 6.54 Å². The summed E-state index contributed by atoms with van der Waals surface area (Å²) in [5.41, 5.74) is 0.808. The molecule has 18 heavy (non-hydrogen) atoms. The van der Waals surface area contributed by atoms with Crippen molar-refractivity contribution in [3.05, 3.63) is 23.8 Å². The Morgan fingerprint density at radius 1 is 1.28 bits per heavy atom. The van der Waals surface area contributed by atoms with Crippen molar-refractivity contribution in [3.63, 3.8) is 0 Å². The Morgan fingerprint density at radius 2 is 2.00 bits per heavy atom. The third kappa shape index (κ3) is 4.20. The maximum absolute atomic E-state index is 9.18. The van der Waals surface area contributed by atoms with Crippen molar-refractivity contribution in [1.82, 2.24) is 5.32 Å². The number of aliphatic hydroxyl groups excluding tert-OH is 1. The highest BCUT2D eigenvalue weighted by atomic mass is 16.5. The van der Waals surface area contributed by atoms with Crippen molar-refractivity contribution in [1.29, 1.82) is 0 Å². The van der Waals surface area contributed by atoms with E-state index in [1.165, 1.54) is 0 Å². The molecule has 0 aromatic heterocycles. The standard InChI is InChI=1S/C14H23NO3/c1-5-18-12-7-6-11(8-13(12)17-4)9-15-14(2,3)10-16/h6-8,15-16H,5,9-10H2,1-4H3. The number of hydrogen-bond donors (Lipinski definition) is 2. The van der Waals surface area contributed by atoms with Crippen molar-refractivity contribution >= 4 is 0 Å². The van der Waals surface area contributed by atoms with E-state index < -0.39 is 0 Å². The third-order valence-electron chi connectivity index (χ3n) is 2.69. The van der Waals surface area contributed by atoms with Gasteiger partial charge in [-0.05, 0) is 38.5 Å². The van der Waals surface area contributed by atoms with Gasteiger partial charge in [-0.2, -0.15) is 0 Å². The number of ether oxygens (including phenoxy) is 2. The maximum Gasteiger partial charge on any atom is 0.161 e. The molecule has 1 aromatic carbocycles. The van der Waals surface area contributed by atoms with E-state index in [0.29, 0.717) is 13.2 Å². The minimum absolute atomic E-state index is 0.0984. The van der Waals surface area contributed by atoms with Gasteiger partial charge in [-0.25, -0.2) is 0 Å². The molecule has 4 nitrogen and oxygen atoms in total. The van der Waals surface area contributed by atoms with Crippen molar-refractivity contribution in [2.75, 3.05) is 20.3 Å². The number of benzene rings is 1. The molecule has 0 amide bonds. The molecule has 0 spiro atoms. The summed E-state index contributed by atoms with van der Waals surface area (Å²) in [6.45, 7) is 7.25. The zero-order chi connectivity index (χ0) is 13.6. The Morgan fingerprint density at radius 3 is 2.56 bits per heavy atom. The van der Waals surface area contributed by atoms with Crippen molar-refractivity contribution < 1.29 is 14.6 Å². The zero-order valence-corrected chi connectivity index (χ0v) is 11.6. The molecule has 1 aromatic rings. The van der Waals surface area contributed by atoms with Crippen LogP contribution in [0, 0.1) is 0 Å². The van der Waals surface area contributed by atoms with Crippen LogP contribution in [0.2, 0.25) is 0 Å². The smallest absolute Gasteiger partial charge is 0.161 e. The summed E-state index contributed by atoms with van der Waals surface area (Å²) in [6, 6.07) is 5.85. The lowest BCUT2D eigenvalue weighted by atomic mass is 10.1. The van der Waals surface area contributed by atoms with Gasteiger partial charge in [0.05, 0.1) is 20.3 Å². The Hall–Kier alpha value is -1.26. The summed E-state index contributed by atoms with van der Waals surface area (Å²) in [5.74, 6) is 1.49. The highest BCUT2D eigenvalue weighted by Crippen LogP contribution is 2.28. The number of nitrogens with one attached hydrogen (secondary N) is 1. The first kappa shape index (κ1) is 14.8. The van der Waals surface area contributed by atoms with Gasteiger partial charge in [0.25, 0.3) is 0 Å². The molecular weight excluding hydrogens is 230 g/mol. The SMILES string of the molecule is CCOc1ccc(CNC(C)(C)CO)cc1OC. The molecule has 0 heterocycles. The second-order valence-corrected chi connectivity index (χ2v) is 4.81. The van der Waals surface area contributed by atoms with Crippen LogP contribution in [0.5, 0.6) is 11.5 Å². The number of aliphatic hydroxyl groups is 1. The molecule has 102 valence electrons. The van der Waals surface area contributed by atoms with Gasteiger partial charge in [-0.15, -0.1) is 0 Å². The number of hydrogen-bond acceptors (Lipinski definition) is 4. The van der Waals surface area contributed by atoms with Crippen LogP contribution in [0.3, 0.4) is 0 Å². The summed E-state index contributed by atoms with van der Waals surface area (Å²) in [4.78, 5) is 0. The first-order chi connectivity index (χ1) is 8.52. The lowest BCUT2D eigenvalue weighted by Gasteiger charge is -2.23. The van der Waals surface area contributed by atoms with E-state index in [2.05, 4.69) is 5.32 Å². The lowest BCUT2D eigenvalue weighted by molar-refractivity contribution is 0.187. The first-order valence-corrected chi connectivity index (χ1v) is 6.18. The van der Waals surface area contributed by atoms with E-state index in [0.717, 1.165) is 17.1 Å². The van der Waals surface area contributed by atoms with E-state index in [4.69, 9.17) is 9.47 Å². The topological polar surface area (TPSA) is 50.7 Å². The normalized spacial score (nSPS) is 11.4. The van der Waals surface area contributed by atoms with E-state index >= 15 is 0 Å². The van der Waals surface area contributed by atoms with Crippen LogP contribution in [0.1, 0.15) is 26.3 Å². The summed E-state index contributed by atoms with van der Waals surface area (Å²) < 4.78 is 10.8. The van der Waals surface area contributed by atoms with Gasteiger partial charge in [0.15, 0.2) is 11.5 Å². The molecule has 0 fully saturated rings. The number of rotatable bonds is 7. The van der Waals surface area contributed by atoms with Crippen LogP contribution in [0.4, 0.5) is 0 Å². The molecule has 0 saturated carbocycles. The molecule has 0 aliphatic rings. The van der Waals surface area contributed by atoms with E-state index in [1.807, 2.05) is 39.0 Å². The number of methoxy groups -OCH3 is 1. The van der Waals surface area contributed by atoms with Gasteiger partial charge in [0.2, 0.25) is 0 Å². The van der Waals surface area contributed by atoms with Crippen molar-refractivity contribution in [3.8, 4) is 11.5 Å². The maximum atomic E-state index is 9.18. The molecule has 0 unspecified atom stereocenters. The largest absolute Gasteiger partial charge is 0.493 e. The minimum Gasteiger partial charge on any atom is -0.493 e. The molecule has 0 saturated heterocycles. The predicted octanol–water partition coefficient (Wildman–Crippen LogP) is 1.95. The highest BCUT2D eigenvalue weighted by molar-refractivity contribution is 5.42. The molecular formula is C14H23NO3. The lowest BCUT2D eigenvalue weighted by Crippen LogP contribution is -2.42. The third-order valence-corrected chi connectivity index (χ3v) is 2.69. The van der Waals surface area contributed by atoms with E-state index in [9.17, 15) is 5.11 Å². The molecule has 0 aliphatic heterocycles. The van der Waals surface area contributed by atoms with Gasteiger partial charge < -0.3 is 19.9 Å². The first-order valence-electron chi connectivity index (χ1n) is 6.18. The molecule has 2 N–H and O–H groups in total. The van der Waals surface area contributed by atoms with Crippen LogP contribution in [0.25, 0.3) is 0 Å². The molecule has 0 bridgehead atoms. The van der Waals surface area contributed by atoms with Crippen LogP contribution >= 0.6 is 0 Å². The summed E-state index contributed by atoms with van der Waals surface area (Å²) in [6.07, 6.45) is 0. The summed E-state index contributed by atoms with van der Waals surface area (Å²) >= 11 is 0. The van der Waals surface area contributed by atoms with Gasteiger partial charge in [0, 0.05) is 12.1 Å². The molecule has 0 aliphatic carbocycles. The minimum atomic E-state index is -0.286. The molecule has 0 radical (unpaired) electrons. The van der Waals surface area contributed by atoms with Crippen LogP contribution < -0.4 is 14.8 Å². The Bertz CT molecular complexity index is 377. The zero-order valence-electron chi connectivity index (χ0n) is 11.6. The average Bonchev–Trinajstić information content (AvgIpc) is 2.38. The van der Waals surface area contributed by atoms with Crippen molar-refractivity contribution in [2.45, 2.75) is 32.9 Å². The summed E-state index contributed by atoms with van der Waals surface area (Å²) in [7, 11) is 1.63. The highest BCUT2D eigenvalue weighted by Gasteiger charge is 2.15. The van der Waals surface area contributed by atoms with Gasteiger partial charge >= 0.3 is 0 Å². The fraction of sp³-hybridized carbons (Fsp3) is 0.571. The van der Waals surface area contributed by atoms with Gasteiger partial charge in [-0.1, -0.05) is 6.07 Å². The van der Waals surface area contributed by atoms with Crippen molar-refractivity contribution in [2.24, 2.45) is 0 Å². The Balaban J connectivity index is 2.73. The molecule has 4 heteroatoms.